The molecule has 0 radical (unpaired) electrons. The van der Waals surface area contributed by atoms with Crippen molar-refractivity contribution in [3.05, 3.63) is 110 Å². The summed E-state index contributed by atoms with van der Waals surface area (Å²) < 4.78 is 0. The van der Waals surface area contributed by atoms with Gasteiger partial charge in [-0.3, -0.25) is 29.5 Å². The molecule has 1 aromatic heterocycles. The van der Waals surface area contributed by atoms with E-state index in [0.717, 1.165) is 0 Å². The smallest absolute Gasteiger partial charge is 0.315 e. The molecule has 2 N–H and O–H groups in total. The highest BCUT2D eigenvalue weighted by Crippen LogP contribution is 2.30. The number of halogens is 1. The van der Waals surface area contributed by atoms with Gasteiger partial charge < -0.3 is 10.6 Å². The molecule has 1 amide bonds. The predicted molar refractivity (Wildman–Crippen MR) is 120 cm³/mol. The van der Waals surface area contributed by atoms with Crippen LogP contribution in [-0.2, 0) is 6.54 Å². The number of rotatable bonds is 6. The summed E-state index contributed by atoms with van der Waals surface area (Å²) >= 11 is 6.13. The summed E-state index contributed by atoms with van der Waals surface area (Å²) in [4.78, 5) is 52.9. The number of nitrogens with one attached hydrogen (secondary N) is 2. The summed E-state index contributed by atoms with van der Waals surface area (Å²) in [6.07, 6.45) is 1.30. The third kappa shape index (κ3) is 4.21. The Balaban J connectivity index is 1.61. The summed E-state index contributed by atoms with van der Waals surface area (Å²) in [5, 5.41) is 16.7. The largest absolute Gasteiger partial charge is 0.375 e. The maximum atomic E-state index is 12.8. The van der Waals surface area contributed by atoms with Crippen molar-refractivity contribution in [1.29, 1.82) is 0 Å². The van der Waals surface area contributed by atoms with Crippen molar-refractivity contribution in [2.75, 3.05) is 5.32 Å². The molecule has 164 valence electrons. The number of carbonyl (C=O) groups excluding carboxylic acids is 3. The van der Waals surface area contributed by atoms with E-state index in [0.29, 0.717) is 5.56 Å². The molecular weight excluding hydrogens is 448 g/mol. The first kappa shape index (κ1) is 21.8. The number of nitrogens with zero attached hydrogens (tertiary/aromatic N) is 2. The highest BCUT2D eigenvalue weighted by Gasteiger charge is 2.32. The van der Waals surface area contributed by atoms with Gasteiger partial charge in [0.05, 0.1) is 11.5 Å². The standard InChI is InChI=1S/C23H15ClN4O5/c24-18-19(22(30)15-9-5-4-8-14(15)21(18)29)26-12-17-20(28(32)33)16(10-11-25-17)27-23(31)13-6-2-1-3-7-13/h1-11,26H,12H2,(H,25,27,31). The molecule has 33 heavy (non-hydrogen) atoms. The van der Waals surface area contributed by atoms with Crippen LogP contribution in [-0.4, -0.2) is 27.4 Å². The number of allylic oxidation sites excluding steroid dienone is 2. The van der Waals surface area contributed by atoms with E-state index in [-0.39, 0.29) is 39.8 Å². The van der Waals surface area contributed by atoms with Gasteiger partial charge in [-0.25, -0.2) is 0 Å². The van der Waals surface area contributed by atoms with Crippen LogP contribution in [0.3, 0.4) is 0 Å². The van der Waals surface area contributed by atoms with E-state index < -0.39 is 28.1 Å². The molecule has 1 aliphatic carbocycles. The van der Waals surface area contributed by atoms with E-state index in [1.54, 1.807) is 42.5 Å². The zero-order valence-electron chi connectivity index (χ0n) is 16.9. The van der Waals surface area contributed by atoms with Crippen molar-refractivity contribution in [3.63, 3.8) is 0 Å². The Morgan fingerprint density at radius 2 is 1.61 bits per heavy atom. The van der Waals surface area contributed by atoms with Gasteiger partial charge >= 0.3 is 5.69 Å². The molecule has 3 aromatic rings. The van der Waals surface area contributed by atoms with Crippen LogP contribution < -0.4 is 10.6 Å². The highest BCUT2D eigenvalue weighted by molar-refractivity contribution is 6.49. The second-order valence-corrected chi connectivity index (χ2v) is 7.36. The molecule has 0 aliphatic heterocycles. The van der Waals surface area contributed by atoms with Crippen LogP contribution in [0.15, 0.2) is 77.6 Å². The van der Waals surface area contributed by atoms with Gasteiger partial charge in [0.15, 0.2) is 0 Å². The van der Waals surface area contributed by atoms with Crippen molar-refractivity contribution in [3.8, 4) is 0 Å². The summed E-state index contributed by atoms with van der Waals surface area (Å²) in [6.45, 7) is -0.280. The quantitative estimate of drug-likeness (QED) is 0.420. The van der Waals surface area contributed by atoms with Gasteiger partial charge in [0.1, 0.15) is 22.1 Å². The average molecular weight is 463 g/mol. The number of benzene rings is 2. The third-order valence-corrected chi connectivity index (χ3v) is 5.32. The molecule has 0 unspecified atom stereocenters. The maximum Gasteiger partial charge on any atom is 0.315 e. The van der Waals surface area contributed by atoms with Gasteiger partial charge in [-0.2, -0.15) is 0 Å². The molecule has 4 rings (SSSR count). The van der Waals surface area contributed by atoms with Crippen LogP contribution in [0.25, 0.3) is 0 Å². The van der Waals surface area contributed by atoms with Crippen molar-refractivity contribution < 1.29 is 19.3 Å². The number of carbonyl (C=O) groups is 3. The molecule has 9 nitrogen and oxygen atoms in total. The fourth-order valence-corrected chi connectivity index (χ4v) is 3.64. The van der Waals surface area contributed by atoms with Crippen LogP contribution in [0.5, 0.6) is 0 Å². The molecule has 0 fully saturated rings. The van der Waals surface area contributed by atoms with Crippen molar-refractivity contribution >= 4 is 40.4 Å². The minimum atomic E-state index is -0.677. The first-order valence-corrected chi connectivity index (χ1v) is 10.1. The summed E-state index contributed by atoms with van der Waals surface area (Å²) in [6, 6.07) is 15.8. The Morgan fingerprint density at radius 3 is 2.27 bits per heavy atom. The van der Waals surface area contributed by atoms with Gasteiger partial charge in [0, 0.05) is 22.9 Å². The summed E-state index contributed by atoms with van der Waals surface area (Å²) in [5.74, 6) is -1.56. The lowest BCUT2D eigenvalue weighted by Gasteiger charge is -2.18. The third-order valence-electron chi connectivity index (χ3n) is 4.96. The van der Waals surface area contributed by atoms with Crippen LogP contribution in [0.1, 0.15) is 36.8 Å². The van der Waals surface area contributed by atoms with E-state index >= 15 is 0 Å². The number of amides is 1. The Labute approximate surface area is 192 Å². The number of aromatic nitrogens is 1. The number of Topliss-reactive ketones (excluding diaryl/α,β-unsaturated/α-hetero) is 2. The van der Waals surface area contributed by atoms with Crippen LogP contribution in [0, 0.1) is 10.1 Å². The van der Waals surface area contributed by atoms with E-state index in [1.807, 2.05) is 0 Å². The minimum Gasteiger partial charge on any atom is -0.375 e. The average Bonchev–Trinajstić information content (AvgIpc) is 2.83. The lowest BCUT2D eigenvalue weighted by Crippen LogP contribution is -2.29. The van der Waals surface area contributed by atoms with Gasteiger partial charge in [-0.15, -0.1) is 0 Å². The van der Waals surface area contributed by atoms with Crippen LogP contribution >= 0.6 is 11.6 Å². The fraction of sp³-hybridized carbons (Fsp3) is 0.0435. The molecule has 1 heterocycles. The lowest BCUT2D eigenvalue weighted by molar-refractivity contribution is -0.385. The normalized spacial score (nSPS) is 12.9. The minimum absolute atomic E-state index is 0.0538. The Kier molecular flexibility index (Phi) is 5.97. The predicted octanol–water partition coefficient (Wildman–Crippen LogP) is 3.86. The van der Waals surface area contributed by atoms with Crippen molar-refractivity contribution in [2.24, 2.45) is 0 Å². The molecule has 1 aliphatic rings. The first-order valence-electron chi connectivity index (χ1n) is 9.69. The van der Waals surface area contributed by atoms with Gasteiger partial charge in [0.25, 0.3) is 5.91 Å². The summed E-state index contributed by atoms with van der Waals surface area (Å²) in [7, 11) is 0. The molecule has 0 saturated carbocycles. The zero-order valence-corrected chi connectivity index (χ0v) is 17.6. The SMILES string of the molecule is O=C(Nc1ccnc(CNC2=C(Cl)C(=O)c3ccccc3C2=O)c1[N+](=O)[O-])c1ccccc1. The Morgan fingerprint density at radius 1 is 0.970 bits per heavy atom. The topological polar surface area (TPSA) is 131 Å². The molecule has 0 saturated heterocycles. The monoisotopic (exact) mass is 462 g/mol. The number of hydrogen-bond donors (Lipinski definition) is 2. The van der Waals surface area contributed by atoms with Gasteiger partial charge in [0.2, 0.25) is 11.6 Å². The molecule has 2 aromatic carbocycles. The summed E-state index contributed by atoms with van der Waals surface area (Å²) in [5.41, 5.74) is -0.0334. The maximum absolute atomic E-state index is 12.8. The number of fused-ring (bicyclic) bond motifs is 1. The molecule has 0 bridgehead atoms. The molecule has 0 spiro atoms. The van der Waals surface area contributed by atoms with Crippen molar-refractivity contribution in [1.82, 2.24) is 10.3 Å². The van der Waals surface area contributed by atoms with E-state index in [4.69, 9.17) is 11.6 Å². The molecular formula is C23H15ClN4O5. The van der Waals surface area contributed by atoms with Crippen molar-refractivity contribution in [2.45, 2.75) is 6.54 Å². The lowest BCUT2D eigenvalue weighted by atomic mass is 9.92. The number of pyridine rings is 1. The van der Waals surface area contributed by atoms with E-state index in [9.17, 15) is 24.5 Å². The van der Waals surface area contributed by atoms with E-state index in [2.05, 4.69) is 15.6 Å². The zero-order chi connectivity index (χ0) is 23.5. The number of hydrogen-bond acceptors (Lipinski definition) is 7. The van der Waals surface area contributed by atoms with Crippen LogP contribution in [0.2, 0.25) is 0 Å². The molecule has 10 heteroatoms. The first-order chi connectivity index (χ1) is 15.9. The van der Waals surface area contributed by atoms with E-state index in [1.165, 1.54) is 24.4 Å². The highest BCUT2D eigenvalue weighted by atomic mass is 35.5. The second-order valence-electron chi connectivity index (χ2n) is 6.98. The fourth-order valence-electron chi connectivity index (χ4n) is 3.39. The van der Waals surface area contributed by atoms with Crippen LogP contribution in [0.4, 0.5) is 11.4 Å². The van der Waals surface area contributed by atoms with Gasteiger partial charge in [-0.1, -0.05) is 54.1 Å². The number of anilines is 1. The molecule has 0 atom stereocenters. The Hall–Kier alpha value is -4.37. The number of nitro groups is 1. The number of ketones is 2. The Bertz CT molecular complexity index is 1340. The van der Waals surface area contributed by atoms with Gasteiger partial charge in [-0.05, 0) is 18.2 Å². The second kappa shape index (κ2) is 9.01.